The molecule has 3 heterocycles. The molecule has 0 saturated heterocycles. The third-order valence-corrected chi connectivity index (χ3v) is 5.62. The van der Waals surface area contributed by atoms with Crippen LogP contribution in [0, 0.1) is 19.7 Å². The smallest absolute Gasteiger partial charge is 0.139 e. The van der Waals surface area contributed by atoms with Gasteiger partial charge in [0.25, 0.3) is 0 Å². The Morgan fingerprint density at radius 3 is 2.55 bits per heavy atom. The number of aliphatic hydroxyl groups excluding tert-OH is 1. The number of nitrogens with one attached hydrogen (secondary N) is 1. The summed E-state index contributed by atoms with van der Waals surface area (Å²) in [6.45, 7) is 4.49. The molecule has 0 aliphatic heterocycles. The first kappa shape index (κ1) is 19.4. The van der Waals surface area contributed by atoms with Crippen LogP contribution in [0.4, 0.5) is 10.2 Å². The van der Waals surface area contributed by atoms with Crippen LogP contribution in [0.25, 0.3) is 21.3 Å². The first-order valence-electron chi connectivity index (χ1n) is 9.38. The Kier molecular flexibility index (Phi) is 5.51. The number of aliphatic hydroxyl groups is 1. The largest absolute Gasteiger partial charge is 0.396 e. The van der Waals surface area contributed by atoms with Gasteiger partial charge < -0.3 is 10.4 Å². The first-order chi connectivity index (χ1) is 14.0. The van der Waals surface area contributed by atoms with Crippen LogP contribution in [0.15, 0.2) is 42.5 Å². The molecule has 0 amide bonds. The predicted octanol–water partition coefficient (Wildman–Crippen LogP) is 4.66. The Labute approximate surface area is 172 Å². The molecule has 148 valence electrons. The monoisotopic (exact) mass is 408 g/mol. The molecule has 7 heteroatoms. The summed E-state index contributed by atoms with van der Waals surface area (Å²) in [5.74, 6) is 1.02. The summed E-state index contributed by atoms with van der Waals surface area (Å²) in [4.78, 5) is 15.8. The van der Waals surface area contributed by atoms with Crippen molar-refractivity contribution in [3.05, 3.63) is 70.4 Å². The van der Waals surface area contributed by atoms with Gasteiger partial charge >= 0.3 is 0 Å². The van der Waals surface area contributed by atoms with Gasteiger partial charge in [-0.05, 0) is 43.7 Å². The predicted molar refractivity (Wildman–Crippen MR) is 115 cm³/mol. The highest BCUT2D eigenvalue weighted by molar-refractivity contribution is 7.19. The number of aryl methyl sites for hydroxylation is 2. The van der Waals surface area contributed by atoms with E-state index in [0.717, 1.165) is 37.6 Å². The fourth-order valence-corrected chi connectivity index (χ4v) is 4.40. The minimum Gasteiger partial charge on any atom is -0.396 e. The van der Waals surface area contributed by atoms with E-state index in [9.17, 15) is 9.50 Å². The molecule has 0 saturated carbocycles. The second-order valence-electron chi connectivity index (χ2n) is 6.81. The third-order valence-electron chi connectivity index (χ3n) is 4.63. The van der Waals surface area contributed by atoms with E-state index in [1.807, 2.05) is 32.0 Å². The number of hydrogen-bond donors (Lipinski definition) is 2. The van der Waals surface area contributed by atoms with Gasteiger partial charge in [0.15, 0.2) is 0 Å². The molecule has 0 radical (unpaired) electrons. The van der Waals surface area contributed by atoms with Crippen molar-refractivity contribution in [1.29, 1.82) is 0 Å². The molecule has 0 bridgehead atoms. The van der Waals surface area contributed by atoms with Crippen LogP contribution in [-0.4, -0.2) is 26.7 Å². The Balaban J connectivity index is 1.82. The average Bonchev–Trinajstić information content (AvgIpc) is 3.03. The number of aromatic nitrogens is 3. The topological polar surface area (TPSA) is 70.9 Å². The third kappa shape index (κ3) is 4.11. The van der Waals surface area contributed by atoms with Crippen LogP contribution in [-0.2, 0) is 13.0 Å². The lowest BCUT2D eigenvalue weighted by Crippen LogP contribution is -2.07. The summed E-state index contributed by atoms with van der Waals surface area (Å²) in [5, 5.41) is 13.7. The maximum atomic E-state index is 13.4. The minimum absolute atomic E-state index is 0.0143. The normalized spacial score (nSPS) is 11.2. The van der Waals surface area contributed by atoms with E-state index in [-0.39, 0.29) is 12.4 Å². The maximum absolute atomic E-state index is 13.4. The van der Waals surface area contributed by atoms with Gasteiger partial charge in [0.2, 0.25) is 0 Å². The molecule has 1 aromatic carbocycles. The van der Waals surface area contributed by atoms with Crippen molar-refractivity contribution in [3.63, 3.8) is 0 Å². The van der Waals surface area contributed by atoms with Crippen LogP contribution in [0.2, 0.25) is 0 Å². The molecule has 4 aromatic rings. The summed E-state index contributed by atoms with van der Waals surface area (Å²) < 4.78 is 13.4. The molecule has 3 aromatic heterocycles. The molecular formula is C22H21FN4OS. The molecule has 4 rings (SSSR count). The Hall–Kier alpha value is -2.90. The van der Waals surface area contributed by atoms with Crippen molar-refractivity contribution >= 4 is 27.4 Å². The fourth-order valence-electron chi connectivity index (χ4n) is 3.33. The standard InChI is InChI=1S/C22H21FN4OS/c1-13-4-3-5-17(25-13)12-24-21-20-19(15-6-8-16(23)9-7-15)14(2)29-22(20)27-18(26-21)10-11-28/h3-9,28H,10-12H2,1-2H3,(H,24,26,27). The summed E-state index contributed by atoms with van der Waals surface area (Å²) in [5.41, 5.74) is 3.79. The van der Waals surface area contributed by atoms with Crippen molar-refractivity contribution in [2.75, 3.05) is 11.9 Å². The average molecular weight is 409 g/mol. The quantitative estimate of drug-likeness (QED) is 0.486. The summed E-state index contributed by atoms with van der Waals surface area (Å²) in [6, 6.07) is 12.4. The number of anilines is 1. The highest BCUT2D eigenvalue weighted by Crippen LogP contribution is 2.40. The number of fused-ring (bicyclic) bond motifs is 1. The van der Waals surface area contributed by atoms with Crippen LogP contribution in [0.1, 0.15) is 22.1 Å². The molecule has 2 N–H and O–H groups in total. The molecule has 0 aliphatic rings. The second kappa shape index (κ2) is 8.23. The number of hydrogen-bond acceptors (Lipinski definition) is 6. The van der Waals surface area contributed by atoms with Gasteiger partial charge in [0.05, 0.1) is 24.2 Å². The van der Waals surface area contributed by atoms with Crippen molar-refractivity contribution in [2.45, 2.75) is 26.8 Å². The van der Waals surface area contributed by atoms with Crippen LogP contribution >= 0.6 is 11.3 Å². The summed E-state index contributed by atoms with van der Waals surface area (Å²) in [7, 11) is 0. The first-order valence-corrected chi connectivity index (χ1v) is 10.2. The van der Waals surface area contributed by atoms with E-state index in [1.54, 1.807) is 23.5 Å². The van der Waals surface area contributed by atoms with Gasteiger partial charge in [-0.2, -0.15) is 0 Å². The molecule has 0 aliphatic carbocycles. The van der Waals surface area contributed by atoms with Crippen LogP contribution in [0.5, 0.6) is 0 Å². The zero-order valence-electron chi connectivity index (χ0n) is 16.2. The molecule has 29 heavy (non-hydrogen) atoms. The van der Waals surface area contributed by atoms with Crippen LogP contribution in [0.3, 0.4) is 0 Å². The van der Waals surface area contributed by atoms with Gasteiger partial charge in [-0.15, -0.1) is 11.3 Å². The SMILES string of the molecule is Cc1cccc(CNc2nc(CCO)nc3sc(C)c(-c4ccc(F)cc4)c23)n1. The molecule has 5 nitrogen and oxygen atoms in total. The molecular weight excluding hydrogens is 387 g/mol. The molecule has 0 atom stereocenters. The van der Waals surface area contributed by atoms with Gasteiger partial charge in [-0.25, -0.2) is 14.4 Å². The van der Waals surface area contributed by atoms with E-state index in [2.05, 4.69) is 20.3 Å². The molecule has 0 fully saturated rings. The zero-order chi connectivity index (χ0) is 20.4. The van der Waals surface area contributed by atoms with Crippen LogP contribution < -0.4 is 5.32 Å². The van der Waals surface area contributed by atoms with Gasteiger partial charge in [0, 0.05) is 22.6 Å². The lowest BCUT2D eigenvalue weighted by Gasteiger charge is -2.11. The van der Waals surface area contributed by atoms with Gasteiger partial charge in [-0.1, -0.05) is 18.2 Å². The van der Waals surface area contributed by atoms with E-state index in [1.165, 1.54) is 12.1 Å². The van der Waals surface area contributed by atoms with E-state index in [0.29, 0.717) is 24.6 Å². The number of pyridine rings is 1. The number of benzene rings is 1. The highest BCUT2D eigenvalue weighted by Gasteiger charge is 2.18. The lowest BCUT2D eigenvalue weighted by molar-refractivity contribution is 0.297. The van der Waals surface area contributed by atoms with Gasteiger partial charge in [0.1, 0.15) is 22.3 Å². The van der Waals surface area contributed by atoms with Crippen molar-refractivity contribution in [1.82, 2.24) is 15.0 Å². The Morgan fingerprint density at radius 2 is 1.83 bits per heavy atom. The van der Waals surface area contributed by atoms with Crippen molar-refractivity contribution in [2.24, 2.45) is 0 Å². The van der Waals surface area contributed by atoms with E-state index < -0.39 is 0 Å². The van der Waals surface area contributed by atoms with Crippen molar-refractivity contribution in [3.8, 4) is 11.1 Å². The fraction of sp³-hybridized carbons (Fsp3) is 0.227. The molecule has 0 unspecified atom stereocenters. The molecule has 0 spiro atoms. The minimum atomic E-state index is -0.267. The Bertz CT molecular complexity index is 1160. The lowest BCUT2D eigenvalue weighted by atomic mass is 10.0. The Morgan fingerprint density at radius 1 is 1.03 bits per heavy atom. The summed E-state index contributed by atoms with van der Waals surface area (Å²) >= 11 is 1.57. The highest BCUT2D eigenvalue weighted by atomic mass is 32.1. The van der Waals surface area contributed by atoms with Gasteiger partial charge in [-0.3, -0.25) is 4.98 Å². The maximum Gasteiger partial charge on any atom is 0.139 e. The number of thiophene rings is 1. The van der Waals surface area contributed by atoms with Crippen molar-refractivity contribution < 1.29 is 9.50 Å². The zero-order valence-corrected chi connectivity index (χ0v) is 17.1. The number of nitrogens with zero attached hydrogens (tertiary/aromatic N) is 3. The van der Waals surface area contributed by atoms with E-state index in [4.69, 9.17) is 0 Å². The summed E-state index contributed by atoms with van der Waals surface area (Å²) in [6.07, 6.45) is 0.385. The van der Waals surface area contributed by atoms with E-state index >= 15 is 0 Å². The second-order valence-corrected chi connectivity index (χ2v) is 8.01. The number of rotatable bonds is 6. The number of halogens is 1.